The van der Waals surface area contributed by atoms with E-state index in [0.717, 1.165) is 0 Å². The molecule has 2 rings (SSSR count). The Morgan fingerprint density at radius 3 is 2.78 bits per heavy atom. The molecule has 1 atom stereocenters. The highest BCUT2D eigenvalue weighted by atomic mass is 35.5. The maximum absolute atomic E-state index is 13.3. The minimum Gasteiger partial charge on any atom is -0.480 e. The fourth-order valence-corrected chi connectivity index (χ4v) is 1.79. The Bertz CT molecular complexity index is 566. The third kappa shape index (κ3) is 2.27. The van der Waals surface area contributed by atoms with E-state index in [0.29, 0.717) is 0 Å². The molecular weight excluding hydrogens is 259 g/mol. The Morgan fingerprint density at radius 1 is 1.33 bits per heavy atom. The zero-order valence-corrected chi connectivity index (χ0v) is 10.2. The predicted molar refractivity (Wildman–Crippen MR) is 64.1 cm³/mol. The summed E-state index contributed by atoms with van der Waals surface area (Å²) in [5, 5.41) is 10.0. The maximum atomic E-state index is 13.3. The summed E-state index contributed by atoms with van der Waals surface area (Å²) in [5.41, 5.74) is 0.406. The van der Waals surface area contributed by atoms with Crippen molar-refractivity contribution in [3.8, 4) is 5.88 Å². The van der Waals surface area contributed by atoms with Crippen molar-refractivity contribution in [1.82, 2.24) is 9.97 Å². The van der Waals surface area contributed by atoms with Crippen LogP contribution in [0.1, 0.15) is 17.4 Å². The van der Waals surface area contributed by atoms with Crippen molar-refractivity contribution in [2.24, 2.45) is 0 Å². The van der Waals surface area contributed by atoms with Gasteiger partial charge in [-0.3, -0.25) is 4.98 Å². The molecule has 0 spiro atoms. The molecule has 1 N–H and O–H groups in total. The lowest BCUT2D eigenvalue weighted by Crippen LogP contribution is -2.07. The van der Waals surface area contributed by atoms with Crippen LogP contribution in [0.2, 0.25) is 5.02 Å². The molecule has 18 heavy (non-hydrogen) atoms. The van der Waals surface area contributed by atoms with E-state index in [4.69, 9.17) is 16.3 Å². The zero-order valence-electron chi connectivity index (χ0n) is 9.47. The second-order valence-corrected chi connectivity index (χ2v) is 3.87. The van der Waals surface area contributed by atoms with E-state index < -0.39 is 11.9 Å². The number of hydrogen-bond donors (Lipinski definition) is 1. The standard InChI is InChI=1S/C12H10ClFN2O2/c1-18-12-10(15-5-6-16-12)11(17)7-3-2-4-8(14)9(7)13/h2-6,11,17H,1H3. The number of halogens is 2. The van der Waals surface area contributed by atoms with E-state index in [1.807, 2.05) is 0 Å². The highest BCUT2D eigenvalue weighted by Gasteiger charge is 2.21. The van der Waals surface area contributed by atoms with Crippen LogP contribution in [0.4, 0.5) is 4.39 Å². The first-order chi connectivity index (χ1) is 8.65. The van der Waals surface area contributed by atoms with Crippen LogP contribution >= 0.6 is 11.6 Å². The monoisotopic (exact) mass is 268 g/mol. The number of aromatic nitrogens is 2. The van der Waals surface area contributed by atoms with Crippen molar-refractivity contribution >= 4 is 11.6 Å². The second kappa shape index (κ2) is 5.29. The molecule has 0 bridgehead atoms. The van der Waals surface area contributed by atoms with E-state index in [-0.39, 0.29) is 22.2 Å². The summed E-state index contributed by atoms with van der Waals surface area (Å²) >= 11 is 5.81. The molecule has 0 aliphatic carbocycles. The Morgan fingerprint density at radius 2 is 2.06 bits per heavy atom. The predicted octanol–water partition coefficient (Wildman–Crippen LogP) is 2.36. The lowest BCUT2D eigenvalue weighted by molar-refractivity contribution is 0.207. The molecule has 0 radical (unpaired) electrons. The van der Waals surface area contributed by atoms with Crippen molar-refractivity contribution in [2.75, 3.05) is 7.11 Å². The van der Waals surface area contributed by atoms with Gasteiger partial charge in [0.1, 0.15) is 17.6 Å². The van der Waals surface area contributed by atoms with E-state index in [1.54, 1.807) is 0 Å². The van der Waals surface area contributed by atoms with Gasteiger partial charge in [-0.05, 0) is 6.07 Å². The summed E-state index contributed by atoms with van der Waals surface area (Å²) in [4.78, 5) is 7.89. The summed E-state index contributed by atoms with van der Waals surface area (Å²) in [6.45, 7) is 0. The Balaban J connectivity index is 2.48. The average molecular weight is 269 g/mol. The van der Waals surface area contributed by atoms with E-state index >= 15 is 0 Å². The van der Waals surface area contributed by atoms with Gasteiger partial charge in [-0.25, -0.2) is 9.37 Å². The number of benzene rings is 1. The molecular formula is C12H10ClFN2O2. The number of hydrogen-bond acceptors (Lipinski definition) is 4. The number of ether oxygens (including phenoxy) is 1. The summed E-state index contributed by atoms with van der Waals surface area (Å²) in [5.74, 6) is -0.429. The first kappa shape index (κ1) is 12.7. The van der Waals surface area contributed by atoms with Crippen LogP contribution in [0.3, 0.4) is 0 Å². The highest BCUT2D eigenvalue weighted by molar-refractivity contribution is 6.31. The largest absolute Gasteiger partial charge is 0.480 e. The zero-order chi connectivity index (χ0) is 13.1. The number of nitrogens with zero attached hydrogens (tertiary/aromatic N) is 2. The molecule has 4 nitrogen and oxygen atoms in total. The molecule has 6 heteroatoms. The molecule has 1 aromatic heterocycles. The van der Waals surface area contributed by atoms with Crippen LogP contribution in [0.5, 0.6) is 5.88 Å². The SMILES string of the molecule is COc1nccnc1C(O)c1cccc(F)c1Cl. The molecule has 0 saturated heterocycles. The fraction of sp³-hybridized carbons (Fsp3) is 0.167. The molecule has 1 unspecified atom stereocenters. The first-order valence-corrected chi connectivity index (χ1v) is 5.49. The molecule has 94 valence electrons. The lowest BCUT2D eigenvalue weighted by Gasteiger charge is -2.14. The fourth-order valence-electron chi connectivity index (χ4n) is 1.56. The average Bonchev–Trinajstić information content (AvgIpc) is 2.41. The normalized spacial score (nSPS) is 12.2. The molecule has 1 heterocycles. The lowest BCUT2D eigenvalue weighted by atomic mass is 10.1. The molecule has 1 aromatic carbocycles. The second-order valence-electron chi connectivity index (χ2n) is 3.50. The third-order valence-corrected chi connectivity index (χ3v) is 2.82. The number of methoxy groups -OCH3 is 1. The van der Waals surface area contributed by atoms with Crippen molar-refractivity contribution < 1.29 is 14.2 Å². The maximum Gasteiger partial charge on any atom is 0.238 e. The van der Waals surface area contributed by atoms with Crippen LogP contribution in [0.25, 0.3) is 0 Å². The van der Waals surface area contributed by atoms with Gasteiger partial charge in [-0.15, -0.1) is 0 Å². The minimum absolute atomic E-state index is 0.141. The van der Waals surface area contributed by atoms with Gasteiger partial charge >= 0.3 is 0 Å². The van der Waals surface area contributed by atoms with Gasteiger partial charge in [0.2, 0.25) is 5.88 Å². The first-order valence-electron chi connectivity index (χ1n) is 5.12. The molecule has 0 aliphatic rings. The number of aliphatic hydroxyl groups excluding tert-OH is 1. The van der Waals surface area contributed by atoms with Gasteiger partial charge in [-0.1, -0.05) is 23.7 Å². The minimum atomic E-state index is -1.20. The Labute approximate surface area is 108 Å². The molecule has 2 aromatic rings. The molecule has 0 saturated carbocycles. The molecule has 0 aliphatic heterocycles. The Hall–Kier alpha value is -1.72. The van der Waals surface area contributed by atoms with Crippen LogP contribution in [0, 0.1) is 5.82 Å². The molecule has 0 amide bonds. The van der Waals surface area contributed by atoms with Crippen LogP contribution in [-0.2, 0) is 0 Å². The van der Waals surface area contributed by atoms with E-state index in [1.165, 1.54) is 37.7 Å². The quantitative estimate of drug-likeness (QED) is 0.928. The topological polar surface area (TPSA) is 55.2 Å². The van der Waals surface area contributed by atoms with Crippen LogP contribution in [-0.4, -0.2) is 22.2 Å². The summed E-state index contributed by atoms with van der Waals surface area (Å²) in [6, 6.07) is 4.19. The highest BCUT2D eigenvalue weighted by Crippen LogP contribution is 2.31. The summed E-state index contributed by atoms with van der Waals surface area (Å²) < 4.78 is 18.3. The van der Waals surface area contributed by atoms with E-state index in [9.17, 15) is 9.50 Å². The van der Waals surface area contributed by atoms with Crippen molar-refractivity contribution in [1.29, 1.82) is 0 Å². The van der Waals surface area contributed by atoms with Gasteiger partial charge in [0, 0.05) is 18.0 Å². The van der Waals surface area contributed by atoms with Gasteiger partial charge in [0.15, 0.2) is 0 Å². The van der Waals surface area contributed by atoms with Crippen molar-refractivity contribution in [3.05, 3.63) is 52.7 Å². The third-order valence-electron chi connectivity index (χ3n) is 2.42. The number of aliphatic hydroxyl groups is 1. The molecule has 0 fully saturated rings. The summed E-state index contributed by atoms with van der Waals surface area (Å²) in [7, 11) is 1.41. The Kier molecular flexibility index (Phi) is 3.74. The van der Waals surface area contributed by atoms with Gasteiger partial charge in [0.05, 0.1) is 12.1 Å². The van der Waals surface area contributed by atoms with Gasteiger partial charge < -0.3 is 9.84 Å². The number of rotatable bonds is 3. The van der Waals surface area contributed by atoms with Crippen LogP contribution < -0.4 is 4.74 Å². The smallest absolute Gasteiger partial charge is 0.238 e. The van der Waals surface area contributed by atoms with Gasteiger partial charge in [-0.2, -0.15) is 0 Å². The van der Waals surface area contributed by atoms with E-state index in [2.05, 4.69) is 9.97 Å². The van der Waals surface area contributed by atoms with Crippen LogP contribution in [0.15, 0.2) is 30.6 Å². The van der Waals surface area contributed by atoms with Gasteiger partial charge in [0.25, 0.3) is 0 Å². The van der Waals surface area contributed by atoms with Crippen molar-refractivity contribution in [3.63, 3.8) is 0 Å². The summed E-state index contributed by atoms with van der Waals surface area (Å²) in [6.07, 6.45) is 1.65. The van der Waals surface area contributed by atoms with Crippen molar-refractivity contribution in [2.45, 2.75) is 6.10 Å².